The zero-order valence-corrected chi connectivity index (χ0v) is 21.3. The molecule has 2 heterocycles. The number of hydrogen-bond acceptors (Lipinski definition) is 4. The molecule has 0 saturated heterocycles. The van der Waals surface area contributed by atoms with Crippen molar-refractivity contribution >= 4 is 34.8 Å². The quantitative estimate of drug-likeness (QED) is 0.468. The molecular weight excluding hydrogens is 456 g/mol. The minimum absolute atomic E-state index is 0.00467. The Bertz CT molecular complexity index is 1000. The Morgan fingerprint density at radius 3 is 2.79 bits per heavy atom. The number of aryl methyl sites for hydroxylation is 1. The Morgan fingerprint density at radius 1 is 1.30 bits per heavy atom. The molecule has 1 aliphatic carbocycles. The molecule has 1 fully saturated rings. The Labute approximate surface area is 205 Å². The molecule has 2 atom stereocenters. The number of hydrogen-bond donors (Lipinski definition) is 0. The zero-order valence-electron chi connectivity index (χ0n) is 19.7. The molecule has 0 spiro atoms. The summed E-state index contributed by atoms with van der Waals surface area (Å²) in [7, 11) is 0. The highest BCUT2D eigenvalue weighted by Crippen LogP contribution is 2.35. The van der Waals surface area contributed by atoms with Crippen molar-refractivity contribution in [3.8, 4) is 5.75 Å². The molecule has 5 nitrogen and oxygen atoms in total. The van der Waals surface area contributed by atoms with Crippen LogP contribution in [0.4, 0.5) is 0 Å². The van der Waals surface area contributed by atoms with Crippen LogP contribution in [0, 0.1) is 18.8 Å². The third-order valence-corrected chi connectivity index (χ3v) is 8.17. The molecule has 2 aromatic rings. The van der Waals surface area contributed by atoms with Gasteiger partial charge in [-0.25, -0.2) is 0 Å². The van der Waals surface area contributed by atoms with Gasteiger partial charge in [0.1, 0.15) is 12.4 Å². The van der Waals surface area contributed by atoms with E-state index in [-0.39, 0.29) is 30.3 Å². The average molecular weight is 489 g/mol. The number of rotatable bonds is 9. The first-order valence-electron chi connectivity index (χ1n) is 11.9. The standard InChI is InChI=1S/C26H33ClN2O3S/c1-4-17(2)14-28(26(31)19-5-6-19)15-25(30)29-11-9-24-21(10-12-33-24)23(29)16-32-20-7-8-22(27)18(3)13-20/h7-8,10,12-13,17,19,23H,4-6,9,11,14-16H2,1-3H3/t17-,23-/m1/s1. The highest BCUT2D eigenvalue weighted by Gasteiger charge is 2.37. The molecule has 2 aliphatic rings. The van der Waals surface area contributed by atoms with E-state index in [4.69, 9.17) is 16.3 Å². The maximum atomic E-state index is 13.5. The molecule has 4 rings (SSSR count). The maximum absolute atomic E-state index is 13.5. The fourth-order valence-electron chi connectivity index (χ4n) is 4.34. The van der Waals surface area contributed by atoms with Crippen LogP contribution in [0.5, 0.6) is 5.75 Å². The van der Waals surface area contributed by atoms with E-state index in [2.05, 4.69) is 25.3 Å². The summed E-state index contributed by atoms with van der Waals surface area (Å²) in [5, 5.41) is 2.79. The molecule has 1 aliphatic heterocycles. The van der Waals surface area contributed by atoms with Gasteiger partial charge in [0.25, 0.3) is 0 Å². The van der Waals surface area contributed by atoms with Gasteiger partial charge in [-0.1, -0.05) is 31.9 Å². The van der Waals surface area contributed by atoms with Crippen LogP contribution in [0.2, 0.25) is 5.02 Å². The maximum Gasteiger partial charge on any atom is 0.242 e. The number of halogens is 1. The molecule has 1 aromatic heterocycles. The Balaban J connectivity index is 1.50. The lowest BCUT2D eigenvalue weighted by Crippen LogP contribution is -2.48. The fraction of sp³-hybridized carbons (Fsp3) is 0.538. The summed E-state index contributed by atoms with van der Waals surface area (Å²) in [6.07, 6.45) is 3.73. The molecule has 0 bridgehead atoms. The summed E-state index contributed by atoms with van der Waals surface area (Å²) in [4.78, 5) is 31.5. The van der Waals surface area contributed by atoms with Crippen LogP contribution >= 0.6 is 22.9 Å². The summed E-state index contributed by atoms with van der Waals surface area (Å²) in [6.45, 7) is 8.02. The van der Waals surface area contributed by atoms with Gasteiger partial charge < -0.3 is 14.5 Å². The number of fused-ring (bicyclic) bond motifs is 1. The molecule has 2 amide bonds. The number of thiophene rings is 1. The molecule has 1 aromatic carbocycles. The first-order chi connectivity index (χ1) is 15.9. The fourth-order valence-corrected chi connectivity index (χ4v) is 5.38. The highest BCUT2D eigenvalue weighted by atomic mass is 35.5. The predicted molar refractivity (Wildman–Crippen MR) is 133 cm³/mol. The van der Waals surface area contributed by atoms with Crippen molar-refractivity contribution in [3.63, 3.8) is 0 Å². The van der Waals surface area contributed by atoms with Gasteiger partial charge in [-0.15, -0.1) is 11.3 Å². The van der Waals surface area contributed by atoms with Gasteiger partial charge in [-0.2, -0.15) is 0 Å². The Kier molecular flexibility index (Phi) is 7.65. The lowest BCUT2D eigenvalue weighted by atomic mass is 10.00. The SMILES string of the molecule is CC[C@@H](C)CN(CC(=O)N1CCc2sccc2[C@H]1COc1ccc(Cl)c(C)c1)C(=O)C1CC1. The number of nitrogens with zero attached hydrogens (tertiary/aromatic N) is 2. The Morgan fingerprint density at radius 2 is 2.09 bits per heavy atom. The molecule has 33 heavy (non-hydrogen) atoms. The highest BCUT2D eigenvalue weighted by molar-refractivity contribution is 7.10. The van der Waals surface area contributed by atoms with E-state index in [1.165, 1.54) is 4.88 Å². The summed E-state index contributed by atoms with van der Waals surface area (Å²) in [5.74, 6) is 1.37. The minimum atomic E-state index is -0.162. The van der Waals surface area contributed by atoms with E-state index < -0.39 is 0 Å². The lowest BCUT2D eigenvalue weighted by Gasteiger charge is -2.37. The molecule has 0 radical (unpaired) electrons. The van der Waals surface area contributed by atoms with E-state index in [1.54, 1.807) is 16.2 Å². The van der Waals surface area contributed by atoms with Crippen molar-refractivity contribution < 1.29 is 14.3 Å². The third kappa shape index (κ3) is 5.72. The van der Waals surface area contributed by atoms with Crippen molar-refractivity contribution in [1.29, 1.82) is 0 Å². The number of carbonyl (C=O) groups is 2. The van der Waals surface area contributed by atoms with E-state index in [1.807, 2.05) is 30.0 Å². The van der Waals surface area contributed by atoms with Crippen molar-refractivity contribution in [2.75, 3.05) is 26.2 Å². The summed E-state index contributed by atoms with van der Waals surface area (Å²) in [5.41, 5.74) is 2.12. The van der Waals surface area contributed by atoms with Crippen LogP contribution in [0.15, 0.2) is 29.6 Å². The molecule has 7 heteroatoms. The van der Waals surface area contributed by atoms with E-state index in [9.17, 15) is 9.59 Å². The zero-order chi connectivity index (χ0) is 23.5. The van der Waals surface area contributed by atoms with Gasteiger partial charge in [0.15, 0.2) is 0 Å². The first kappa shape index (κ1) is 24.1. The van der Waals surface area contributed by atoms with Gasteiger partial charge in [0.2, 0.25) is 11.8 Å². The smallest absolute Gasteiger partial charge is 0.242 e. The van der Waals surface area contributed by atoms with Crippen molar-refractivity contribution in [3.05, 3.63) is 50.7 Å². The van der Waals surface area contributed by atoms with Crippen molar-refractivity contribution in [1.82, 2.24) is 9.80 Å². The summed E-state index contributed by atoms with van der Waals surface area (Å²) >= 11 is 7.89. The number of amides is 2. The van der Waals surface area contributed by atoms with Gasteiger partial charge in [0.05, 0.1) is 12.6 Å². The van der Waals surface area contributed by atoms with Crippen molar-refractivity contribution in [2.45, 2.75) is 52.5 Å². The second-order valence-corrected chi connectivity index (χ2v) is 10.8. The third-order valence-electron chi connectivity index (χ3n) is 6.75. The van der Waals surface area contributed by atoms with E-state index in [0.29, 0.717) is 30.6 Å². The molecule has 0 N–H and O–H groups in total. The average Bonchev–Trinajstić information content (AvgIpc) is 3.55. The monoisotopic (exact) mass is 488 g/mol. The van der Waals surface area contributed by atoms with Crippen LogP contribution in [-0.4, -0.2) is 47.9 Å². The van der Waals surface area contributed by atoms with Crippen LogP contribution in [0.3, 0.4) is 0 Å². The normalized spacial score (nSPS) is 18.5. The van der Waals surface area contributed by atoms with Crippen LogP contribution in [-0.2, 0) is 16.0 Å². The number of ether oxygens (including phenoxy) is 1. The predicted octanol–water partition coefficient (Wildman–Crippen LogP) is 5.50. The second kappa shape index (κ2) is 10.5. The second-order valence-electron chi connectivity index (χ2n) is 9.38. The number of benzene rings is 1. The molecular formula is C26H33ClN2O3S. The van der Waals surface area contributed by atoms with Crippen LogP contribution in [0.1, 0.15) is 55.2 Å². The van der Waals surface area contributed by atoms with Gasteiger partial charge in [0, 0.05) is 28.9 Å². The molecule has 0 unspecified atom stereocenters. The van der Waals surface area contributed by atoms with Gasteiger partial charge >= 0.3 is 0 Å². The largest absolute Gasteiger partial charge is 0.491 e. The minimum Gasteiger partial charge on any atom is -0.491 e. The summed E-state index contributed by atoms with van der Waals surface area (Å²) < 4.78 is 6.14. The summed E-state index contributed by atoms with van der Waals surface area (Å²) in [6, 6.07) is 7.56. The lowest BCUT2D eigenvalue weighted by molar-refractivity contribution is -0.143. The van der Waals surface area contributed by atoms with Gasteiger partial charge in [-0.05, 0) is 72.9 Å². The van der Waals surface area contributed by atoms with Gasteiger partial charge in [-0.3, -0.25) is 9.59 Å². The Hall–Kier alpha value is -2.05. The van der Waals surface area contributed by atoms with E-state index in [0.717, 1.165) is 42.6 Å². The van der Waals surface area contributed by atoms with Crippen LogP contribution in [0.25, 0.3) is 0 Å². The van der Waals surface area contributed by atoms with E-state index >= 15 is 0 Å². The molecule has 178 valence electrons. The van der Waals surface area contributed by atoms with Crippen molar-refractivity contribution in [2.24, 2.45) is 11.8 Å². The number of carbonyl (C=O) groups excluding carboxylic acids is 2. The first-order valence-corrected chi connectivity index (χ1v) is 13.2. The van der Waals surface area contributed by atoms with Crippen LogP contribution < -0.4 is 4.74 Å². The molecule has 1 saturated carbocycles. The topological polar surface area (TPSA) is 49.9 Å².